The van der Waals surface area contributed by atoms with Gasteiger partial charge in [-0.25, -0.2) is 9.78 Å². The van der Waals surface area contributed by atoms with Crippen LogP contribution in [0.15, 0.2) is 23.3 Å². The normalized spacial score (nSPS) is 37.2. The number of Topliss-reactive ketones (excluding diaryl/α,β-unsaturated/α-hetero) is 1. The Bertz CT molecular complexity index is 2510. The first-order valence-corrected chi connectivity index (χ1v) is 28.6. The average molecular weight is 1110 g/mol. The minimum atomic E-state index is -4.22. The molecule has 3 fully saturated rings. The molecule has 5 N–H and O–H groups in total. The second-order valence-electron chi connectivity index (χ2n) is 22.5. The Hall–Kier alpha value is -3.56. The number of aromatic nitrogens is 2. The Labute approximate surface area is 453 Å². The number of hydrogen-bond acceptors (Lipinski definition) is 20. The fourth-order valence-electron chi connectivity index (χ4n) is 11.5. The molecular weight excluding hydrogens is 1020 g/mol. The summed E-state index contributed by atoms with van der Waals surface area (Å²) in [4.78, 5) is 59.8. The number of aryl methyl sites for hydroxylation is 2. The third-order valence-corrected chi connectivity index (χ3v) is 17.6. The number of carbonyl (C=O) groups excluding carboxylic acids is 2. The lowest BCUT2D eigenvalue weighted by Gasteiger charge is -2.50. The number of pyridine rings is 2. The van der Waals surface area contributed by atoms with Gasteiger partial charge in [0.1, 0.15) is 40.9 Å². The highest BCUT2D eigenvalue weighted by atomic mass is 32.2. The van der Waals surface area contributed by atoms with E-state index in [-0.39, 0.29) is 54.7 Å². The van der Waals surface area contributed by atoms with Crippen molar-refractivity contribution in [1.82, 2.24) is 19.8 Å². The van der Waals surface area contributed by atoms with Crippen LogP contribution in [0.2, 0.25) is 0 Å². The maximum absolute atomic E-state index is 14.6. The number of ketones is 1. The van der Waals surface area contributed by atoms with Crippen molar-refractivity contribution in [2.45, 2.75) is 205 Å². The summed E-state index contributed by atoms with van der Waals surface area (Å²) < 4.78 is 79.7. The van der Waals surface area contributed by atoms with Crippen LogP contribution in [0.4, 0.5) is 0 Å². The third-order valence-electron chi connectivity index (χ3n) is 16.4. The first kappa shape index (κ1) is 64.3. The van der Waals surface area contributed by atoms with E-state index in [1.807, 2.05) is 32.8 Å². The molecule has 3 aliphatic rings. The number of nitrogens with zero attached hydrogens (tertiary/aromatic N) is 3. The molecule has 2 aromatic heterocycles. The Morgan fingerprint density at radius 1 is 0.935 bits per heavy atom. The van der Waals surface area contributed by atoms with Gasteiger partial charge in [-0.3, -0.25) is 18.6 Å². The van der Waals surface area contributed by atoms with Crippen LogP contribution in [-0.4, -0.2) is 192 Å². The van der Waals surface area contributed by atoms with Gasteiger partial charge in [-0.15, -0.1) is 0 Å². The molecule has 438 valence electrons. The Morgan fingerprint density at radius 3 is 2.18 bits per heavy atom. The monoisotopic (exact) mass is 1110 g/mol. The highest BCUT2D eigenvalue weighted by Crippen LogP contribution is 2.42. The van der Waals surface area contributed by atoms with E-state index in [0.29, 0.717) is 38.0 Å². The second-order valence-corrected chi connectivity index (χ2v) is 24.2. The van der Waals surface area contributed by atoms with Crippen molar-refractivity contribution in [2.24, 2.45) is 23.7 Å². The van der Waals surface area contributed by atoms with E-state index >= 15 is 0 Å². The van der Waals surface area contributed by atoms with E-state index in [1.54, 1.807) is 65.3 Å². The number of aromatic carboxylic acids is 1. The molecule has 0 amide bonds. The van der Waals surface area contributed by atoms with Crippen LogP contribution in [0.25, 0.3) is 11.0 Å². The molecule has 2 aromatic rings. The molecule has 18 atom stereocenters. The van der Waals surface area contributed by atoms with Crippen LogP contribution in [0.1, 0.15) is 124 Å². The molecule has 0 saturated carbocycles. The summed E-state index contributed by atoms with van der Waals surface area (Å²) in [5.41, 5.74) is -4.61. The van der Waals surface area contributed by atoms with Crippen LogP contribution < -0.4 is 10.7 Å². The predicted octanol–water partition coefficient (Wildman–Crippen LogP) is 3.44. The number of esters is 1. The molecule has 5 heterocycles. The Balaban J connectivity index is 1.37. The van der Waals surface area contributed by atoms with Crippen LogP contribution >= 0.6 is 0 Å². The Morgan fingerprint density at radius 2 is 1.58 bits per heavy atom. The first-order valence-electron chi connectivity index (χ1n) is 27.0. The summed E-state index contributed by atoms with van der Waals surface area (Å²) in [6.45, 7) is 19.2. The molecule has 0 bridgehead atoms. The molecule has 0 spiro atoms. The third kappa shape index (κ3) is 14.7. The molecule has 22 nitrogen and oxygen atoms in total. The number of hydrogen-bond donors (Lipinski definition) is 5. The number of ether oxygens (including phenoxy) is 7. The van der Waals surface area contributed by atoms with Gasteiger partial charge in [0, 0.05) is 69.9 Å². The van der Waals surface area contributed by atoms with Crippen molar-refractivity contribution >= 4 is 38.9 Å². The number of carbonyl (C=O) groups is 3. The van der Waals surface area contributed by atoms with Crippen LogP contribution in [0.3, 0.4) is 0 Å². The van der Waals surface area contributed by atoms with Crippen molar-refractivity contribution in [2.75, 3.05) is 47.2 Å². The molecule has 5 rings (SSSR count). The largest absolute Gasteiger partial charge is 0.477 e. The summed E-state index contributed by atoms with van der Waals surface area (Å²) in [6, 6.07) is 1.28. The van der Waals surface area contributed by atoms with Crippen molar-refractivity contribution in [3.63, 3.8) is 0 Å². The van der Waals surface area contributed by atoms with Crippen LogP contribution in [0.5, 0.6) is 0 Å². The van der Waals surface area contributed by atoms with Gasteiger partial charge < -0.3 is 68.4 Å². The zero-order valence-electron chi connectivity index (χ0n) is 47.7. The fraction of sp³-hybridized carbons (Fsp3) is 0.796. The van der Waals surface area contributed by atoms with Crippen LogP contribution in [-0.2, 0) is 70.0 Å². The van der Waals surface area contributed by atoms with Crippen molar-refractivity contribution in [1.29, 1.82) is 0 Å². The topological polar surface area (TPSA) is 290 Å². The lowest BCUT2D eigenvalue weighted by molar-refractivity contribution is -0.317. The quantitative estimate of drug-likeness (QED) is 0.0765. The van der Waals surface area contributed by atoms with Crippen molar-refractivity contribution in [3.8, 4) is 0 Å². The van der Waals surface area contributed by atoms with Gasteiger partial charge in [-0.2, -0.15) is 8.42 Å². The smallest absolute Gasteiger partial charge is 0.341 e. The fourth-order valence-corrected chi connectivity index (χ4v) is 12.7. The zero-order chi connectivity index (χ0) is 57.7. The molecule has 0 aliphatic carbocycles. The number of cyclic esters (lactones) is 1. The molecule has 0 radical (unpaired) electrons. The summed E-state index contributed by atoms with van der Waals surface area (Å²) in [6.07, 6.45) is -6.64. The number of carboxylic acid groups (broad SMARTS) is 1. The van der Waals surface area contributed by atoms with Gasteiger partial charge in [0.05, 0.1) is 58.8 Å². The maximum Gasteiger partial charge on any atom is 0.341 e. The highest BCUT2D eigenvalue weighted by Gasteiger charge is 2.55. The standard InChI is InChI=1S/C54H88N4O18S/c1-16-39-54(11,66)45(62)31(5)41(59)29(3)25-52(9,69-14)46(75-51-43(61)38(57(12)13)23-30(4)71-51)32(6)44(33(7)50(65)73-39)74-40-26-53(10,70-15)47(34(8)72-40)76-77(67,68)22-21-55-20-18-19-35-24-36-42(60)37(49(63)64)28-58(17-2)48(36)56-27-35/h24,27-34,38-40,43-47,51,55,61-62,66H,16-23,25-26H2,1-15H3,(H,63,64)/t29-,30-,31+,32+,33-,34+,38+,39-,40+,43-,44+,45-,46-,47+,51+,52-,53-,54-/m1/s1. The van der Waals surface area contributed by atoms with Gasteiger partial charge in [0.25, 0.3) is 10.1 Å². The molecule has 0 unspecified atom stereocenters. The highest BCUT2D eigenvalue weighted by molar-refractivity contribution is 7.86. The van der Waals surface area contributed by atoms with Gasteiger partial charge in [-0.05, 0) is 113 Å². The summed E-state index contributed by atoms with van der Waals surface area (Å²) in [5.74, 6) is -6.77. The summed E-state index contributed by atoms with van der Waals surface area (Å²) in [5, 5.41) is 48.1. The van der Waals surface area contributed by atoms with Gasteiger partial charge in [-0.1, -0.05) is 27.7 Å². The molecule has 23 heteroatoms. The second kappa shape index (κ2) is 26.4. The minimum absolute atomic E-state index is 0.0289. The molecule has 77 heavy (non-hydrogen) atoms. The van der Waals surface area contributed by atoms with Crippen molar-refractivity contribution < 1.29 is 80.6 Å². The van der Waals surface area contributed by atoms with E-state index in [0.717, 1.165) is 5.56 Å². The number of aliphatic hydroxyl groups excluding tert-OH is 2. The van der Waals surface area contributed by atoms with E-state index < -0.39 is 129 Å². The van der Waals surface area contributed by atoms with Crippen LogP contribution in [0, 0.1) is 23.7 Å². The van der Waals surface area contributed by atoms with E-state index in [2.05, 4.69) is 10.3 Å². The molecule has 0 aromatic carbocycles. The lowest BCUT2D eigenvalue weighted by atomic mass is 9.74. The van der Waals surface area contributed by atoms with Gasteiger partial charge >= 0.3 is 11.9 Å². The minimum Gasteiger partial charge on any atom is -0.477 e. The molecule has 3 saturated heterocycles. The van der Waals surface area contributed by atoms with E-state index in [1.165, 1.54) is 34.3 Å². The first-order chi connectivity index (χ1) is 35.9. The molecule has 3 aliphatic heterocycles. The SMILES string of the molecule is CC[C@H]1OC(=O)[C@H](C)[C@@H](O[C@H]2C[C@@](C)(OC)[C@@H](OS(=O)(=O)CCNCCCc3cnc4c(c3)c(=O)c(C(=O)O)cn4CC)[C@H](C)O2)[C@H](C)[C@@H](O[C@@H]2O[C@H](C)C[C@H](N(C)C)[C@H]2O)[C@](C)(OC)C[C@@H](C)C(=O)[C@H](C)[C@@H](O)[C@]1(C)O. The Kier molecular flexibility index (Phi) is 22.0. The number of methoxy groups -OCH3 is 2. The number of likely N-dealkylation sites (N-methyl/N-ethyl adjacent to an activating group) is 1. The molecular formula is C54H88N4O18S. The predicted molar refractivity (Wildman–Crippen MR) is 284 cm³/mol. The van der Waals surface area contributed by atoms with Gasteiger partial charge in [0.15, 0.2) is 12.6 Å². The average Bonchev–Trinajstić information content (AvgIpc) is 3.37. The summed E-state index contributed by atoms with van der Waals surface area (Å²) >= 11 is 0. The lowest BCUT2D eigenvalue weighted by Crippen LogP contribution is -2.62. The zero-order valence-corrected chi connectivity index (χ0v) is 48.5. The van der Waals surface area contributed by atoms with E-state index in [9.17, 15) is 48.0 Å². The maximum atomic E-state index is 14.6. The summed E-state index contributed by atoms with van der Waals surface area (Å²) in [7, 11) is 2.37. The number of rotatable bonds is 19. The van der Waals surface area contributed by atoms with Gasteiger partial charge in [0.2, 0.25) is 5.43 Å². The van der Waals surface area contributed by atoms with E-state index in [4.69, 9.17) is 37.3 Å². The number of carboxylic acids is 1. The number of nitrogens with one attached hydrogen (secondary N) is 1. The van der Waals surface area contributed by atoms with Crippen molar-refractivity contribution in [3.05, 3.63) is 39.8 Å². The number of aliphatic hydroxyl groups is 3. The number of fused-ring (bicyclic) bond motifs is 1.